The monoisotopic (exact) mass is 360 g/mol. The van der Waals surface area contributed by atoms with E-state index in [0.29, 0.717) is 21.4 Å². The average Bonchev–Trinajstić information content (AvgIpc) is 2.93. The van der Waals surface area contributed by atoms with Crippen molar-refractivity contribution >= 4 is 29.0 Å². The molecule has 0 aliphatic carbocycles. The second kappa shape index (κ2) is 6.95. The van der Waals surface area contributed by atoms with Crippen molar-refractivity contribution < 1.29 is 5.21 Å². The highest BCUT2D eigenvalue weighted by Gasteiger charge is 2.20. The highest BCUT2D eigenvalue weighted by atomic mass is 35.5. The van der Waals surface area contributed by atoms with E-state index in [-0.39, 0.29) is 12.3 Å². The Balaban J connectivity index is 2.17. The van der Waals surface area contributed by atoms with Crippen molar-refractivity contribution in [1.29, 1.82) is 0 Å². The fourth-order valence-corrected chi connectivity index (χ4v) is 2.80. The van der Waals surface area contributed by atoms with Gasteiger partial charge in [-0.05, 0) is 24.3 Å². The molecule has 0 saturated heterocycles. The molecule has 3 N–H and O–H groups in total. The Hall–Kier alpha value is -2.50. The Kier molecular flexibility index (Phi) is 4.74. The molecule has 0 bridgehead atoms. The lowest BCUT2D eigenvalue weighted by molar-refractivity contribution is 0.317. The van der Waals surface area contributed by atoms with E-state index in [1.807, 2.05) is 42.5 Å². The van der Waals surface area contributed by atoms with Crippen LogP contribution in [0.5, 0.6) is 0 Å². The summed E-state index contributed by atoms with van der Waals surface area (Å²) in [6.45, 7) is 0. The van der Waals surface area contributed by atoms with Crippen molar-refractivity contribution in [1.82, 2.24) is 9.78 Å². The van der Waals surface area contributed by atoms with E-state index in [1.165, 1.54) is 0 Å². The lowest BCUT2D eigenvalue weighted by atomic mass is 10.1. The fraction of sp³-hybridized carbons (Fsp3) is 0.0588. The van der Waals surface area contributed by atoms with E-state index in [9.17, 15) is 0 Å². The maximum atomic E-state index is 8.88. The zero-order chi connectivity index (χ0) is 17.1. The molecular formula is C17H14Cl2N4O. The van der Waals surface area contributed by atoms with Gasteiger partial charge in [0.05, 0.1) is 11.4 Å². The van der Waals surface area contributed by atoms with Gasteiger partial charge < -0.3 is 10.9 Å². The van der Waals surface area contributed by atoms with Crippen LogP contribution in [0.1, 0.15) is 5.56 Å². The molecule has 0 aliphatic heterocycles. The molecule has 0 amide bonds. The minimum absolute atomic E-state index is 0.0553. The number of nitrogens with zero attached hydrogens (tertiary/aromatic N) is 3. The van der Waals surface area contributed by atoms with Gasteiger partial charge in [0.2, 0.25) is 0 Å². The molecule has 24 heavy (non-hydrogen) atoms. The number of nitrogens with two attached hydrogens (primary N) is 1. The molecule has 1 aromatic heterocycles. The van der Waals surface area contributed by atoms with Crippen molar-refractivity contribution in [2.45, 2.75) is 6.42 Å². The number of halogens is 2. The first-order valence-corrected chi connectivity index (χ1v) is 7.91. The molecule has 0 fully saturated rings. The van der Waals surface area contributed by atoms with Crippen molar-refractivity contribution in [3.63, 3.8) is 0 Å². The predicted molar refractivity (Wildman–Crippen MR) is 96.1 cm³/mol. The molecule has 1 heterocycles. The molecule has 0 spiro atoms. The van der Waals surface area contributed by atoms with Crippen LogP contribution < -0.4 is 5.73 Å². The van der Waals surface area contributed by atoms with Crippen molar-refractivity contribution in [3.8, 4) is 16.9 Å². The number of aromatic nitrogens is 2. The number of rotatable bonds is 4. The van der Waals surface area contributed by atoms with Crippen LogP contribution in [0.25, 0.3) is 16.9 Å². The average molecular weight is 361 g/mol. The first kappa shape index (κ1) is 16.4. The normalized spacial score (nSPS) is 11.7. The highest BCUT2D eigenvalue weighted by Crippen LogP contribution is 2.31. The molecule has 122 valence electrons. The third-order valence-electron chi connectivity index (χ3n) is 3.53. The van der Waals surface area contributed by atoms with Crippen molar-refractivity contribution in [3.05, 3.63) is 70.3 Å². The Bertz CT molecular complexity index is 874. The summed E-state index contributed by atoms with van der Waals surface area (Å²) in [4.78, 5) is 0. The lowest BCUT2D eigenvalue weighted by Crippen LogP contribution is -2.15. The number of benzene rings is 2. The molecule has 0 atom stereocenters. The summed E-state index contributed by atoms with van der Waals surface area (Å²) in [5.41, 5.74) is 8.68. The fourth-order valence-electron chi connectivity index (χ4n) is 2.38. The van der Waals surface area contributed by atoms with Gasteiger partial charge in [-0.15, -0.1) is 0 Å². The van der Waals surface area contributed by atoms with Crippen LogP contribution in [0.15, 0.2) is 59.8 Å². The van der Waals surface area contributed by atoms with Crippen LogP contribution in [0.3, 0.4) is 0 Å². The number of para-hydroxylation sites is 1. The lowest BCUT2D eigenvalue weighted by Gasteiger charge is -2.03. The Labute approximate surface area is 148 Å². The van der Waals surface area contributed by atoms with Gasteiger partial charge in [0, 0.05) is 22.6 Å². The van der Waals surface area contributed by atoms with Gasteiger partial charge >= 0.3 is 0 Å². The summed E-state index contributed by atoms with van der Waals surface area (Å²) in [5.74, 6) is 0.0553. The summed E-state index contributed by atoms with van der Waals surface area (Å²) in [6.07, 6.45) is 0.181. The van der Waals surface area contributed by atoms with Crippen molar-refractivity contribution in [2.75, 3.05) is 0 Å². The molecule has 5 nitrogen and oxygen atoms in total. The van der Waals surface area contributed by atoms with Crippen LogP contribution >= 0.6 is 23.2 Å². The number of amidine groups is 1. The topological polar surface area (TPSA) is 76.4 Å². The molecular weight excluding hydrogens is 347 g/mol. The van der Waals surface area contributed by atoms with Gasteiger partial charge in [0.1, 0.15) is 11.0 Å². The zero-order valence-corrected chi connectivity index (χ0v) is 14.0. The van der Waals surface area contributed by atoms with Crippen LogP contribution in [0.4, 0.5) is 0 Å². The molecule has 0 aliphatic rings. The smallest absolute Gasteiger partial charge is 0.143 e. The molecule has 3 aromatic rings. The van der Waals surface area contributed by atoms with Gasteiger partial charge in [0.25, 0.3) is 0 Å². The Morgan fingerprint density at radius 2 is 1.75 bits per heavy atom. The maximum Gasteiger partial charge on any atom is 0.143 e. The van der Waals surface area contributed by atoms with Gasteiger partial charge in [-0.3, -0.25) is 0 Å². The quantitative estimate of drug-likeness (QED) is 0.317. The van der Waals surface area contributed by atoms with E-state index < -0.39 is 0 Å². The van der Waals surface area contributed by atoms with Gasteiger partial charge in [-0.2, -0.15) is 5.10 Å². The zero-order valence-electron chi connectivity index (χ0n) is 12.5. The third kappa shape index (κ3) is 3.22. The van der Waals surface area contributed by atoms with Crippen LogP contribution in [0.2, 0.25) is 10.2 Å². The predicted octanol–water partition coefficient (Wildman–Crippen LogP) is 4.14. The van der Waals surface area contributed by atoms with Crippen molar-refractivity contribution in [2.24, 2.45) is 10.9 Å². The largest absolute Gasteiger partial charge is 0.409 e. The molecule has 0 unspecified atom stereocenters. The van der Waals surface area contributed by atoms with Crippen LogP contribution in [-0.2, 0) is 6.42 Å². The van der Waals surface area contributed by atoms with E-state index >= 15 is 0 Å². The maximum absolute atomic E-state index is 8.88. The summed E-state index contributed by atoms with van der Waals surface area (Å²) >= 11 is 12.5. The van der Waals surface area contributed by atoms with Crippen LogP contribution in [-0.4, -0.2) is 20.8 Å². The molecule has 0 radical (unpaired) electrons. The Morgan fingerprint density at radius 3 is 2.38 bits per heavy atom. The van der Waals surface area contributed by atoms with Gasteiger partial charge in [0.15, 0.2) is 0 Å². The van der Waals surface area contributed by atoms with Gasteiger partial charge in [-0.1, -0.05) is 58.7 Å². The van der Waals surface area contributed by atoms with Gasteiger partial charge in [-0.25, -0.2) is 4.68 Å². The van der Waals surface area contributed by atoms with E-state index in [1.54, 1.807) is 16.8 Å². The third-order valence-corrected chi connectivity index (χ3v) is 4.17. The molecule has 3 rings (SSSR count). The van der Waals surface area contributed by atoms with E-state index in [2.05, 4.69) is 10.3 Å². The summed E-state index contributed by atoms with van der Waals surface area (Å²) in [7, 11) is 0. The first-order valence-electron chi connectivity index (χ1n) is 7.15. The second-order valence-corrected chi connectivity index (χ2v) is 5.93. The standard InChI is InChI=1S/C17H14Cl2N4O/c18-12-8-6-11(7-9-12)16-14(10-15(20)22-24)17(19)23(21-16)13-4-2-1-3-5-13/h1-9,24H,10H2,(H2,20,22). The second-order valence-electron chi connectivity index (χ2n) is 5.14. The highest BCUT2D eigenvalue weighted by molar-refractivity contribution is 6.31. The summed E-state index contributed by atoms with van der Waals surface area (Å²) < 4.78 is 1.63. The van der Waals surface area contributed by atoms with Crippen LogP contribution in [0, 0.1) is 0 Å². The minimum Gasteiger partial charge on any atom is -0.409 e. The molecule has 2 aromatic carbocycles. The number of hydrogen-bond acceptors (Lipinski definition) is 3. The summed E-state index contributed by atoms with van der Waals surface area (Å²) in [5, 5.41) is 17.6. The SMILES string of the molecule is NC(Cc1c(-c2ccc(Cl)cc2)nn(-c2ccccc2)c1Cl)=NO. The Morgan fingerprint density at radius 1 is 1.08 bits per heavy atom. The minimum atomic E-state index is 0.0553. The molecule has 7 heteroatoms. The van der Waals surface area contributed by atoms with E-state index in [0.717, 1.165) is 11.3 Å². The number of oxime groups is 1. The summed E-state index contributed by atoms with van der Waals surface area (Å²) in [6, 6.07) is 16.8. The number of hydrogen-bond donors (Lipinski definition) is 2. The van der Waals surface area contributed by atoms with E-state index in [4.69, 9.17) is 34.1 Å². The first-order chi connectivity index (χ1) is 11.6. The molecule has 0 saturated carbocycles.